The van der Waals surface area contributed by atoms with Crippen molar-refractivity contribution in [3.8, 4) is 11.5 Å². The van der Waals surface area contributed by atoms with Crippen LogP contribution in [0.5, 0.6) is 11.5 Å². The van der Waals surface area contributed by atoms with Gasteiger partial charge in [0.2, 0.25) is 0 Å². The van der Waals surface area contributed by atoms with E-state index in [1.807, 2.05) is 48.7 Å². The van der Waals surface area contributed by atoms with Gasteiger partial charge in [0.25, 0.3) is 11.7 Å². The van der Waals surface area contributed by atoms with Gasteiger partial charge in [-0.1, -0.05) is 40.2 Å². The molecular weight excluding hydrogens is 536 g/mol. The number of nitrogens with one attached hydrogen (secondary N) is 1. The van der Waals surface area contributed by atoms with Gasteiger partial charge in [-0.25, -0.2) is 0 Å². The molecule has 188 valence electrons. The SMILES string of the molecule is COc1cccc(/C(O)=C2/C(=O)C(=O)N(CCc3c[nH]c4ccc(OC)cc34)C2c2cccc(Br)c2)c1. The number of nitrogens with zero attached hydrogens (tertiary/aromatic N) is 1. The number of aromatic nitrogens is 1. The summed E-state index contributed by atoms with van der Waals surface area (Å²) in [6.45, 7) is 0.279. The molecule has 1 aliphatic rings. The molecule has 1 unspecified atom stereocenters. The van der Waals surface area contributed by atoms with Crippen LogP contribution in [0.4, 0.5) is 0 Å². The predicted molar refractivity (Wildman–Crippen MR) is 145 cm³/mol. The van der Waals surface area contributed by atoms with Crippen molar-refractivity contribution in [1.29, 1.82) is 0 Å². The molecule has 0 saturated carbocycles. The van der Waals surface area contributed by atoms with Crippen molar-refractivity contribution in [1.82, 2.24) is 9.88 Å². The van der Waals surface area contributed by atoms with Crippen molar-refractivity contribution in [2.45, 2.75) is 12.5 Å². The summed E-state index contributed by atoms with van der Waals surface area (Å²) in [5, 5.41) is 12.3. The van der Waals surface area contributed by atoms with Crippen LogP contribution in [0.1, 0.15) is 22.7 Å². The number of likely N-dealkylation sites (tertiary alicyclic amines) is 1. The Labute approximate surface area is 222 Å². The van der Waals surface area contributed by atoms with E-state index < -0.39 is 17.7 Å². The topological polar surface area (TPSA) is 91.9 Å². The Morgan fingerprint density at radius 3 is 2.51 bits per heavy atom. The molecule has 1 fully saturated rings. The second-order valence-corrected chi connectivity index (χ2v) is 9.67. The van der Waals surface area contributed by atoms with Crippen molar-refractivity contribution in [3.05, 3.63) is 99.7 Å². The van der Waals surface area contributed by atoms with Gasteiger partial charge in [-0.3, -0.25) is 9.59 Å². The molecule has 2 heterocycles. The summed E-state index contributed by atoms with van der Waals surface area (Å²) >= 11 is 3.49. The maximum atomic E-state index is 13.3. The quantitative estimate of drug-likeness (QED) is 0.174. The maximum absolute atomic E-state index is 13.3. The molecule has 1 amide bonds. The van der Waals surface area contributed by atoms with Crippen LogP contribution in [0.15, 0.2) is 83.0 Å². The summed E-state index contributed by atoms with van der Waals surface area (Å²) in [4.78, 5) is 31.5. The van der Waals surface area contributed by atoms with Gasteiger partial charge < -0.3 is 24.5 Å². The molecule has 0 radical (unpaired) electrons. The minimum absolute atomic E-state index is 0.0527. The Morgan fingerprint density at radius 2 is 1.76 bits per heavy atom. The highest BCUT2D eigenvalue weighted by molar-refractivity contribution is 9.10. The average Bonchev–Trinajstić information content (AvgIpc) is 3.44. The standard InChI is InChI=1S/C29H25BrN2O5/c1-36-21-8-4-6-18(14-21)27(33)25-26(17-5-3-7-20(30)13-17)32(29(35)28(25)34)12-11-19-16-31-24-10-9-22(37-2)15-23(19)24/h3-10,13-16,26,31,33H,11-12H2,1-2H3/b27-25-. The molecule has 1 aromatic heterocycles. The number of Topliss-reactive ketones (excluding diaryl/α,β-unsaturated/α-hetero) is 1. The number of aliphatic hydroxyl groups excluding tert-OH is 1. The predicted octanol–water partition coefficient (Wildman–Crippen LogP) is 5.61. The van der Waals surface area contributed by atoms with Gasteiger partial charge in [0.1, 0.15) is 17.3 Å². The Kier molecular flexibility index (Phi) is 6.76. The van der Waals surface area contributed by atoms with E-state index >= 15 is 0 Å². The van der Waals surface area contributed by atoms with Crippen LogP contribution in [-0.2, 0) is 16.0 Å². The van der Waals surface area contributed by atoms with Crippen LogP contribution in [0, 0.1) is 0 Å². The molecule has 0 spiro atoms. The first-order valence-electron chi connectivity index (χ1n) is 11.7. The van der Waals surface area contributed by atoms with E-state index in [1.54, 1.807) is 31.4 Å². The summed E-state index contributed by atoms with van der Waals surface area (Å²) in [6, 6.07) is 19.2. The van der Waals surface area contributed by atoms with E-state index in [4.69, 9.17) is 9.47 Å². The van der Waals surface area contributed by atoms with Gasteiger partial charge >= 0.3 is 0 Å². The van der Waals surface area contributed by atoms with E-state index in [2.05, 4.69) is 20.9 Å². The number of ketones is 1. The highest BCUT2D eigenvalue weighted by Gasteiger charge is 2.46. The molecule has 4 aromatic rings. The molecule has 3 aromatic carbocycles. The fourth-order valence-electron chi connectivity index (χ4n) is 4.79. The van der Waals surface area contributed by atoms with Gasteiger partial charge in [0, 0.05) is 33.7 Å². The highest BCUT2D eigenvalue weighted by Crippen LogP contribution is 2.40. The van der Waals surface area contributed by atoms with E-state index in [0.29, 0.717) is 17.7 Å². The summed E-state index contributed by atoms with van der Waals surface area (Å²) in [5.74, 6) is -0.326. The molecule has 5 rings (SSSR count). The molecule has 37 heavy (non-hydrogen) atoms. The van der Waals surface area contributed by atoms with Gasteiger partial charge in [-0.15, -0.1) is 0 Å². The van der Waals surface area contributed by atoms with Crippen LogP contribution in [0.2, 0.25) is 0 Å². The number of hydrogen-bond acceptors (Lipinski definition) is 5. The number of fused-ring (bicyclic) bond motifs is 1. The summed E-state index contributed by atoms with van der Waals surface area (Å²) in [5.41, 5.74) is 3.13. The lowest BCUT2D eigenvalue weighted by Crippen LogP contribution is -2.31. The van der Waals surface area contributed by atoms with Crippen LogP contribution < -0.4 is 9.47 Å². The Hall–Kier alpha value is -4.04. The molecule has 1 aliphatic heterocycles. The van der Waals surface area contributed by atoms with E-state index in [0.717, 1.165) is 32.3 Å². The number of H-pyrrole nitrogens is 1. The second kappa shape index (κ2) is 10.1. The number of halogens is 1. The number of benzene rings is 3. The molecule has 8 heteroatoms. The molecule has 0 bridgehead atoms. The number of carbonyl (C=O) groups is 2. The number of aromatic amines is 1. The summed E-state index contributed by atoms with van der Waals surface area (Å²) < 4.78 is 11.5. The maximum Gasteiger partial charge on any atom is 0.295 e. The normalized spacial score (nSPS) is 16.9. The largest absolute Gasteiger partial charge is 0.507 e. The second-order valence-electron chi connectivity index (χ2n) is 8.75. The summed E-state index contributed by atoms with van der Waals surface area (Å²) in [6.07, 6.45) is 2.41. The number of rotatable bonds is 7. The van der Waals surface area contributed by atoms with Crippen LogP contribution in [0.25, 0.3) is 16.7 Å². The minimum Gasteiger partial charge on any atom is -0.507 e. The highest BCUT2D eigenvalue weighted by atomic mass is 79.9. The van der Waals surface area contributed by atoms with Crippen LogP contribution in [-0.4, -0.2) is 47.4 Å². The first-order valence-corrected chi connectivity index (χ1v) is 12.5. The zero-order valence-electron chi connectivity index (χ0n) is 20.3. The van der Waals surface area contributed by atoms with Crippen molar-refractivity contribution in [2.24, 2.45) is 0 Å². The zero-order chi connectivity index (χ0) is 26.1. The Bertz CT molecular complexity index is 1540. The van der Waals surface area contributed by atoms with Gasteiger partial charge in [0.05, 0.1) is 25.8 Å². The van der Waals surface area contributed by atoms with Gasteiger partial charge in [-0.2, -0.15) is 0 Å². The van der Waals surface area contributed by atoms with Crippen LogP contribution in [0.3, 0.4) is 0 Å². The third kappa shape index (κ3) is 4.60. The number of aliphatic hydroxyl groups is 1. The van der Waals surface area contributed by atoms with E-state index in [1.165, 1.54) is 12.0 Å². The fraction of sp³-hybridized carbons (Fsp3) is 0.172. The molecule has 1 atom stereocenters. The molecular formula is C29H25BrN2O5. The van der Waals surface area contributed by atoms with E-state index in [-0.39, 0.29) is 17.9 Å². The first kappa shape index (κ1) is 24.6. The number of amides is 1. The Morgan fingerprint density at radius 1 is 1.00 bits per heavy atom. The third-order valence-electron chi connectivity index (χ3n) is 6.64. The molecule has 2 N–H and O–H groups in total. The first-order chi connectivity index (χ1) is 17.9. The van der Waals surface area contributed by atoms with Gasteiger partial charge in [-0.05, 0) is 60.0 Å². The van der Waals surface area contributed by atoms with Crippen molar-refractivity contribution in [3.63, 3.8) is 0 Å². The lowest BCUT2D eigenvalue weighted by atomic mass is 9.95. The van der Waals surface area contributed by atoms with E-state index in [9.17, 15) is 14.7 Å². The number of ether oxygens (including phenoxy) is 2. The molecule has 1 saturated heterocycles. The third-order valence-corrected chi connectivity index (χ3v) is 7.14. The van der Waals surface area contributed by atoms with Crippen LogP contribution >= 0.6 is 15.9 Å². The number of carbonyl (C=O) groups excluding carboxylic acids is 2. The number of hydrogen-bond donors (Lipinski definition) is 2. The summed E-state index contributed by atoms with van der Waals surface area (Å²) in [7, 11) is 3.15. The molecule has 7 nitrogen and oxygen atoms in total. The smallest absolute Gasteiger partial charge is 0.295 e. The lowest BCUT2D eigenvalue weighted by molar-refractivity contribution is -0.139. The van der Waals surface area contributed by atoms with Crippen molar-refractivity contribution in [2.75, 3.05) is 20.8 Å². The Balaban J connectivity index is 1.56. The fourth-order valence-corrected chi connectivity index (χ4v) is 5.21. The van der Waals surface area contributed by atoms with Crippen molar-refractivity contribution < 1.29 is 24.2 Å². The monoisotopic (exact) mass is 560 g/mol. The number of methoxy groups -OCH3 is 2. The van der Waals surface area contributed by atoms with Gasteiger partial charge in [0.15, 0.2) is 0 Å². The molecule has 0 aliphatic carbocycles. The zero-order valence-corrected chi connectivity index (χ0v) is 21.9. The van der Waals surface area contributed by atoms with Crippen molar-refractivity contribution >= 4 is 44.3 Å². The lowest BCUT2D eigenvalue weighted by Gasteiger charge is -2.25. The minimum atomic E-state index is -0.747. The average molecular weight is 561 g/mol.